The van der Waals surface area contributed by atoms with Crippen molar-refractivity contribution in [2.45, 2.75) is 56.5 Å². The molecule has 12 heteroatoms. The zero-order valence-corrected chi connectivity index (χ0v) is 25.6. The molecule has 1 aliphatic heterocycles. The van der Waals surface area contributed by atoms with Crippen LogP contribution < -0.4 is 20.7 Å². The van der Waals surface area contributed by atoms with Gasteiger partial charge in [0, 0.05) is 6.42 Å². The average Bonchev–Trinajstić information content (AvgIpc) is 3.81. The van der Waals surface area contributed by atoms with E-state index in [0.717, 1.165) is 5.56 Å². The molecular formula is C34H37N3O9. The quantitative estimate of drug-likeness (QED) is 0.173. The Kier molecular flexibility index (Phi) is 11.5. The van der Waals surface area contributed by atoms with Gasteiger partial charge in [0.2, 0.25) is 11.8 Å². The summed E-state index contributed by atoms with van der Waals surface area (Å²) in [6.45, 7) is 1.77. The van der Waals surface area contributed by atoms with Crippen LogP contribution in [-0.4, -0.2) is 72.2 Å². The third-order valence-electron chi connectivity index (χ3n) is 7.45. The monoisotopic (exact) mass is 631 g/mol. The first kappa shape index (κ1) is 33.7. The number of carbonyl (C=O) groups is 5. The lowest BCUT2D eigenvalue weighted by atomic mass is 9.94. The van der Waals surface area contributed by atoms with Crippen LogP contribution in [0.15, 0.2) is 84.9 Å². The van der Waals surface area contributed by atoms with Gasteiger partial charge in [0.15, 0.2) is 5.78 Å². The molecule has 1 heterocycles. The number of rotatable bonds is 16. The molecule has 3 amide bonds. The number of aliphatic carboxylic acids is 1. The fourth-order valence-corrected chi connectivity index (χ4v) is 4.72. The Morgan fingerprint density at radius 1 is 0.761 bits per heavy atom. The number of methoxy groups -OCH3 is 1. The van der Waals surface area contributed by atoms with Gasteiger partial charge in [0.1, 0.15) is 30.0 Å². The van der Waals surface area contributed by atoms with Crippen molar-refractivity contribution >= 4 is 29.7 Å². The van der Waals surface area contributed by atoms with Crippen molar-refractivity contribution in [1.29, 1.82) is 0 Å². The Morgan fingerprint density at radius 3 is 1.85 bits per heavy atom. The van der Waals surface area contributed by atoms with Crippen molar-refractivity contribution in [2.75, 3.05) is 13.7 Å². The molecule has 1 aliphatic rings. The van der Waals surface area contributed by atoms with E-state index in [-0.39, 0.29) is 31.8 Å². The van der Waals surface area contributed by atoms with E-state index in [1.165, 1.54) is 7.11 Å². The molecule has 1 saturated heterocycles. The molecule has 0 aliphatic carbocycles. The number of hydrogen-bond donors (Lipinski definition) is 4. The van der Waals surface area contributed by atoms with Gasteiger partial charge in [0.05, 0.1) is 26.2 Å². The molecule has 242 valence electrons. The Balaban J connectivity index is 1.52. The van der Waals surface area contributed by atoms with E-state index < -0.39 is 54.0 Å². The van der Waals surface area contributed by atoms with Crippen LogP contribution >= 0.6 is 0 Å². The van der Waals surface area contributed by atoms with Gasteiger partial charge in [-0.05, 0) is 42.2 Å². The second kappa shape index (κ2) is 15.7. The Labute approximate surface area is 266 Å². The molecule has 4 N–H and O–H groups in total. The molecule has 46 heavy (non-hydrogen) atoms. The van der Waals surface area contributed by atoms with Gasteiger partial charge in [-0.1, -0.05) is 72.8 Å². The molecule has 3 aromatic rings. The lowest BCUT2D eigenvalue weighted by Gasteiger charge is -2.26. The molecule has 0 aromatic heterocycles. The van der Waals surface area contributed by atoms with E-state index in [0.29, 0.717) is 16.9 Å². The van der Waals surface area contributed by atoms with Crippen molar-refractivity contribution in [2.24, 2.45) is 0 Å². The van der Waals surface area contributed by atoms with Crippen molar-refractivity contribution in [3.8, 4) is 5.75 Å². The van der Waals surface area contributed by atoms with Crippen LogP contribution in [0.5, 0.6) is 5.75 Å². The van der Waals surface area contributed by atoms with E-state index in [9.17, 15) is 29.1 Å². The van der Waals surface area contributed by atoms with Gasteiger partial charge < -0.3 is 35.3 Å². The number of benzene rings is 3. The maximum Gasteiger partial charge on any atom is 0.408 e. The summed E-state index contributed by atoms with van der Waals surface area (Å²) in [6, 6.07) is 21.0. The summed E-state index contributed by atoms with van der Waals surface area (Å²) >= 11 is 0. The highest BCUT2D eigenvalue weighted by Crippen LogP contribution is 2.29. The third-order valence-corrected chi connectivity index (χ3v) is 7.45. The minimum Gasteiger partial charge on any atom is -0.497 e. The number of amides is 3. The molecular weight excluding hydrogens is 594 g/mol. The van der Waals surface area contributed by atoms with Gasteiger partial charge in [-0.15, -0.1) is 0 Å². The first-order chi connectivity index (χ1) is 22.1. The predicted molar refractivity (Wildman–Crippen MR) is 166 cm³/mol. The molecule has 12 nitrogen and oxygen atoms in total. The Bertz CT molecular complexity index is 1510. The van der Waals surface area contributed by atoms with E-state index in [4.69, 9.17) is 14.2 Å². The van der Waals surface area contributed by atoms with Crippen molar-refractivity contribution in [3.05, 3.63) is 102 Å². The van der Waals surface area contributed by atoms with Crippen LogP contribution in [0.25, 0.3) is 0 Å². The number of carboxylic acid groups (broad SMARTS) is 1. The van der Waals surface area contributed by atoms with E-state index in [2.05, 4.69) is 16.0 Å². The van der Waals surface area contributed by atoms with E-state index in [1.54, 1.807) is 61.5 Å². The normalized spacial score (nSPS) is 17.0. The highest BCUT2D eigenvalue weighted by molar-refractivity contribution is 5.99. The van der Waals surface area contributed by atoms with E-state index in [1.807, 2.05) is 30.3 Å². The van der Waals surface area contributed by atoms with Crippen molar-refractivity contribution in [1.82, 2.24) is 16.0 Å². The third kappa shape index (κ3) is 9.89. The number of Topliss-reactive ketones (excluding diaryl/α,β-unsaturated/α-hetero) is 1. The molecule has 0 radical (unpaired) electrons. The van der Waals surface area contributed by atoms with Crippen LogP contribution in [0.3, 0.4) is 0 Å². The zero-order chi connectivity index (χ0) is 33.1. The minimum atomic E-state index is -1.56. The molecule has 0 spiro atoms. The molecule has 4 rings (SSSR count). The topological polar surface area (TPSA) is 173 Å². The summed E-state index contributed by atoms with van der Waals surface area (Å²) in [4.78, 5) is 64.8. The van der Waals surface area contributed by atoms with Crippen molar-refractivity contribution in [3.63, 3.8) is 0 Å². The SMILES string of the molecule is COc1ccc(C[C@H](NC(=O)[C@@H](CC(=O)O)NC(=O)OCc2ccccc2)C(=O)N[C@@H](Cc2ccccc2)C(=O)[C@@]2(C)CO2)cc1. The first-order valence-electron chi connectivity index (χ1n) is 14.7. The molecule has 0 bridgehead atoms. The summed E-state index contributed by atoms with van der Waals surface area (Å²) in [6.07, 6.45) is -1.61. The predicted octanol–water partition coefficient (Wildman–Crippen LogP) is 2.58. The van der Waals surface area contributed by atoms with E-state index >= 15 is 0 Å². The summed E-state index contributed by atoms with van der Waals surface area (Å²) in [5.74, 6) is -2.68. The molecule has 4 atom stereocenters. The number of carbonyl (C=O) groups excluding carboxylic acids is 4. The number of hydrogen-bond acceptors (Lipinski definition) is 8. The molecule has 0 saturated carbocycles. The van der Waals surface area contributed by atoms with Crippen LogP contribution in [0.4, 0.5) is 4.79 Å². The highest BCUT2D eigenvalue weighted by Gasteiger charge is 2.50. The number of epoxide rings is 1. The summed E-state index contributed by atoms with van der Waals surface area (Å²) in [7, 11) is 1.51. The number of nitrogens with one attached hydrogen (secondary N) is 3. The van der Waals surface area contributed by atoms with Crippen molar-refractivity contribution < 1.29 is 43.3 Å². The number of ketones is 1. The van der Waals surface area contributed by atoms with Crippen LogP contribution in [0, 0.1) is 0 Å². The Morgan fingerprint density at radius 2 is 1.28 bits per heavy atom. The lowest BCUT2D eigenvalue weighted by Crippen LogP contribution is -2.57. The van der Waals surface area contributed by atoms with Crippen LogP contribution in [-0.2, 0) is 48.1 Å². The largest absolute Gasteiger partial charge is 0.497 e. The minimum absolute atomic E-state index is 0.0141. The standard InChI is InChI=1S/C34H37N3O9/c1-34(21-46-34)30(40)26(17-22-9-5-3-6-10-22)35-31(41)27(18-23-13-15-25(44-2)16-14-23)36-32(42)28(19-29(38)39)37-33(43)45-20-24-11-7-4-8-12-24/h3-16,26-28H,17-21H2,1-2H3,(H,35,41)(H,36,42)(H,37,43)(H,38,39)/t26-,27-,28+,34+/m0/s1. The summed E-state index contributed by atoms with van der Waals surface area (Å²) < 4.78 is 15.7. The van der Waals surface area contributed by atoms with Gasteiger partial charge in [-0.2, -0.15) is 0 Å². The average molecular weight is 632 g/mol. The fourth-order valence-electron chi connectivity index (χ4n) is 4.72. The van der Waals surface area contributed by atoms with Gasteiger partial charge in [-0.3, -0.25) is 19.2 Å². The maximum absolute atomic E-state index is 13.8. The molecule has 1 fully saturated rings. The maximum atomic E-state index is 13.8. The summed E-state index contributed by atoms with van der Waals surface area (Å²) in [5.41, 5.74) is 1.12. The second-order valence-corrected chi connectivity index (χ2v) is 11.1. The fraction of sp³-hybridized carbons (Fsp3) is 0.324. The lowest BCUT2D eigenvalue weighted by molar-refractivity contribution is -0.140. The zero-order valence-electron chi connectivity index (χ0n) is 25.6. The van der Waals surface area contributed by atoms with Gasteiger partial charge in [0.25, 0.3) is 0 Å². The number of alkyl carbamates (subject to hydrolysis) is 1. The van der Waals surface area contributed by atoms with Gasteiger partial charge >= 0.3 is 12.1 Å². The van der Waals surface area contributed by atoms with Gasteiger partial charge in [-0.25, -0.2) is 4.79 Å². The molecule has 0 unspecified atom stereocenters. The Hall–Kier alpha value is -5.23. The smallest absolute Gasteiger partial charge is 0.408 e. The van der Waals surface area contributed by atoms with Crippen LogP contribution in [0.1, 0.15) is 30.0 Å². The summed E-state index contributed by atoms with van der Waals surface area (Å²) in [5, 5.41) is 17.1. The highest BCUT2D eigenvalue weighted by atomic mass is 16.6. The number of carboxylic acids is 1. The van der Waals surface area contributed by atoms with Crippen LogP contribution in [0.2, 0.25) is 0 Å². The number of ether oxygens (including phenoxy) is 3. The second-order valence-electron chi connectivity index (χ2n) is 11.1. The first-order valence-corrected chi connectivity index (χ1v) is 14.7. The molecule has 3 aromatic carbocycles.